The highest BCUT2D eigenvalue weighted by atomic mass is 32.2. The first-order chi connectivity index (χ1) is 7.74. The Balaban J connectivity index is 2.03. The van der Waals surface area contributed by atoms with Gasteiger partial charge in [-0.1, -0.05) is 0 Å². The minimum absolute atomic E-state index is 0.711. The van der Waals surface area contributed by atoms with Crippen molar-refractivity contribution in [2.24, 2.45) is 5.92 Å². The van der Waals surface area contributed by atoms with E-state index in [1.807, 2.05) is 11.8 Å². The quantitative estimate of drug-likeness (QED) is 0.693. The Hall–Kier alpha value is 0.270. The number of unbranched alkanes of at least 4 members (excludes halogenated alkanes) is 1. The van der Waals surface area contributed by atoms with Crippen LogP contribution in [0.15, 0.2) is 0 Å². The first-order valence-corrected chi connectivity index (χ1v) is 8.04. The molecule has 96 valence electrons. The van der Waals surface area contributed by atoms with Gasteiger partial charge in [0.15, 0.2) is 0 Å². The van der Waals surface area contributed by atoms with Gasteiger partial charge in [0.25, 0.3) is 0 Å². The number of hydrogen-bond donors (Lipinski definition) is 1. The average molecular weight is 244 g/mol. The average Bonchev–Trinajstić information content (AvgIpc) is 2.29. The monoisotopic (exact) mass is 244 g/mol. The van der Waals surface area contributed by atoms with Crippen molar-refractivity contribution >= 4 is 11.8 Å². The predicted octanol–water partition coefficient (Wildman–Crippen LogP) is 2.45. The lowest BCUT2D eigenvalue weighted by atomic mass is 9.90. The molecule has 1 unspecified atom stereocenters. The van der Waals surface area contributed by atoms with Gasteiger partial charge in [-0.05, 0) is 77.2 Å². The van der Waals surface area contributed by atoms with Crippen molar-refractivity contribution in [2.45, 2.75) is 38.6 Å². The van der Waals surface area contributed by atoms with Crippen molar-refractivity contribution < 1.29 is 0 Å². The number of nitrogens with zero attached hydrogens (tertiary/aromatic N) is 1. The maximum absolute atomic E-state index is 3.70. The molecule has 0 saturated carbocycles. The fourth-order valence-corrected chi connectivity index (χ4v) is 2.89. The van der Waals surface area contributed by atoms with Crippen molar-refractivity contribution in [2.75, 3.05) is 38.7 Å². The summed E-state index contributed by atoms with van der Waals surface area (Å²) in [4.78, 5) is 2.45. The number of hydrogen-bond acceptors (Lipinski definition) is 3. The second kappa shape index (κ2) is 8.37. The first-order valence-electron chi connectivity index (χ1n) is 6.65. The van der Waals surface area contributed by atoms with Crippen LogP contribution in [0.4, 0.5) is 0 Å². The summed E-state index contributed by atoms with van der Waals surface area (Å²) < 4.78 is 0. The summed E-state index contributed by atoms with van der Waals surface area (Å²) in [5.74, 6) is 2.21. The molecule has 1 saturated heterocycles. The van der Waals surface area contributed by atoms with Crippen molar-refractivity contribution in [3.8, 4) is 0 Å². The third kappa shape index (κ3) is 5.55. The number of piperidine rings is 1. The maximum Gasteiger partial charge on any atom is 0.00679 e. The summed E-state index contributed by atoms with van der Waals surface area (Å²) in [5, 5.41) is 3.70. The van der Waals surface area contributed by atoms with Crippen molar-refractivity contribution in [1.29, 1.82) is 0 Å². The van der Waals surface area contributed by atoms with Crippen molar-refractivity contribution in [1.82, 2.24) is 10.2 Å². The van der Waals surface area contributed by atoms with E-state index in [4.69, 9.17) is 0 Å². The summed E-state index contributed by atoms with van der Waals surface area (Å²) >= 11 is 1.96. The van der Waals surface area contributed by atoms with E-state index in [-0.39, 0.29) is 0 Å². The number of rotatable bonds is 7. The molecule has 2 nitrogen and oxygen atoms in total. The van der Waals surface area contributed by atoms with Crippen LogP contribution >= 0.6 is 11.8 Å². The van der Waals surface area contributed by atoms with E-state index in [1.165, 1.54) is 51.1 Å². The van der Waals surface area contributed by atoms with Gasteiger partial charge in [-0.3, -0.25) is 0 Å². The highest BCUT2D eigenvalue weighted by molar-refractivity contribution is 7.98. The van der Waals surface area contributed by atoms with Gasteiger partial charge in [0, 0.05) is 6.04 Å². The zero-order valence-corrected chi connectivity index (χ0v) is 12.0. The molecule has 0 amide bonds. The molecule has 0 aliphatic carbocycles. The van der Waals surface area contributed by atoms with E-state index in [0.29, 0.717) is 6.04 Å². The molecule has 1 N–H and O–H groups in total. The fraction of sp³-hybridized carbons (Fsp3) is 1.00. The molecule has 1 aliphatic heterocycles. The van der Waals surface area contributed by atoms with E-state index in [1.54, 1.807) is 0 Å². The van der Waals surface area contributed by atoms with E-state index in [9.17, 15) is 0 Å². The Morgan fingerprint density at radius 3 is 2.62 bits per heavy atom. The maximum atomic E-state index is 3.70. The molecule has 1 aliphatic rings. The second-order valence-corrected chi connectivity index (χ2v) is 6.07. The van der Waals surface area contributed by atoms with Gasteiger partial charge in [0.1, 0.15) is 0 Å². The van der Waals surface area contributed by atoms with Crippen LogP contribution < -0.4 is 5.32 Å². The summed E-state index contributed by atoms with van der Waals surface area (Å²) in [7, 11) is 2.23. The Kier molecular flexibility index (Phi) is 7.50. The minimum atomic E-state index is 0.711. The van der Waals surface area contributed by atoms with Crippen LogP contribution in [0.3, 0.4) is 0 Å². The molecule has 1 fully saturated rings. The van der Waals surface area contributed by atoms with E-state index < -0.39 is 0 Å². The van der Waals surface area contributed by atoms with Gasteiger partial charge < -0.3 is 10.2 Å². The molecule has 0 aromatic rings. The first kappa shape index (κ1) is 14.3. The highest BCUT2D eigenvalue weighted by Crippen LogP contribution is 2.19. The van der Waals surface area contributed by atoms with E-state index in [0.717, 1.165) is 5.92 Å². The van der Waals surface area contributed by atoms with Gasteiger partial charge in [-0.15, -0.1) is 0 Å². The zero-order valence-electron chi connectivity index (χ0n) is 11.2. The largest absolute Gasteiger partial charge is 0.314 e. The summed E-state index contributed by atoms with van der Waals surface area (Å²) in [5.41, 5.74) is 0. The van der Waals surface area contributed by atoms with Gasteiger partial charge in [-0.25, -0.2) is 0 Å². The predicted molar refractivity (Wildman–Crippen MR) is 75.3 cm³/mol. The standard InChI is InChI=1S/C13H28N2S/c1-12(14-8-4-5-11-16-3)13-6-9-15(2)10-7-13/h12-14H,4-11H2,1-3H3. The lowest BCUT2D eigenvalue weighted by Crippen LogP contribution is -2.41. The third-order valence-corrected chi connectivity index (χ3v) is 4.41. The smallest absolute Gasteiger partial charge is 0.00679 e. The number of nitrogens with one attached hydrogen (secondary N) is 1. The van der Waals surface area contributed by atoms with Gasteiger partial charge in [-0.2, -0.15) is 11.8 Å². The van der Waals surface area contributed by atoms with Crippen LogP contribution in [0.5, 0.6) is 0 Å². The fourth-order valence-electron chi connectivity index (χ4n) is 2.40. The zero-order chi connectivity index (χ0) is 11.8. The SMILES string of the molecule is CSCCCCNC(C)C1CCN(C)CC1. The van der Waals surface area contributed by atoms with Crippen LogP contribution in [0.2, 0.25) is 0 Å². The number of likely N-dealkylation sites (tertiary alicyclic amines) is 1. The molecule has 16 heavy (non-hydrogen) atoms. The molecule has 0 aromatic heterocycles. The molecule has 0 bridgehead atoms. The molecular weight excluding hydrogens is 216 g/mol. The molecule has 0 radical (unpaired) electrons. The van der Waals surface area contributed by atoms with Gasteiger partial charge >= 0.3 is 0 Å². The Morgan fingerprint density at radius 1 is 1.31 bits per heavy atom. The lowest BCUT2D eigenvalue weighted by Gasteiger charge is -2.33. The summed E-state index contributed by atoms with van der Waals surface area (Å²) in [6.45, 7) is 6.13. The molecule has 0 spiro atoms. The minimum Gasteiger partial charge on any atom is -0.314 e. The molecule has 3 heteroatoms. The van der Waals surface area contributed by atoms with Crippen LogP contribution in [-0.2, 0) is 0 Å². The Morgan fingerprint density at radius 2 is 2.00 bits per heavy atom. The van der Waals surface area contributed by atoms with E-state index >= 15 is 0 Å². The normalized spacial score (nSPS) is 21.2. The molecule has 1 heterocycles. The highest BCUT2D eigenvalue weighted by Gasteiger charge is 2.21. The van der Waals surface area contributed by atoms with Gasteiger partial charge in [0.05, 0.1) is 0 Å². The number of thioether (sulfide) groups is 1. The molecule has 1 atom stereocenters. The van der Waals surface area contributed by atoms with Crippen LogP contribution in [-0.4, -0.2) is 49.6 Å². The van der Waals surface area contributed by atoms with Gasteiger partial charge in [0.2, 0.25) is 0 Å². The Bertz CT molecular complexity index is 167. The third-order valence-electron chi connectivity index (χ3n) is 3.71. The summed E-state index contributed by atoms with van der Waals surface area (Å²) in [6, 6.07) is 0.711. The summed E-state index contributed by atoms with van der Waals surface area (Å²) in [6.07, 6.45) is 7.62. The topological polar surface area (TPSA) is 15.3 Å². The molecular formula is C13H28N2S. The molecule has 1 rings (SSSR count). The van der Waals surface area contributed by atoms with Crippen molar-refractivity contribution in [3.05, 3.63) is 0 Å². The van der Waals surface area contributed by atoms with E-state index in [2.05, 4.69) is 30.4 Å². The second-order valence-electron chi connectivity index (χ2n) is 5.08. The van der Waals surface area contributed by atoms with Crippen molar-refractivity contribution in [3.63, 3.8) is 0 Å². The lowest BCUT2D eigenvalue weighted by molar-refractivity contribution is 0.190. The van der Waals surface area contributed by atoms with Crippen LogP contribution in [0.1, 0.15) is 32.6 Å². The Labute approximate surface area is 106 Å². The van der Waals surface area contributed by atoms with Crippen LogP contribution in [0, 0.1) is 5.92 Å². The molecule has 0 aromatic carbocycles. The van der Waals surface area contributed by atoms with Crippen LogP contribution in [0.25, 0.3) is 0 Å².